The van der Waals surface area contributed by atoms with Crippen molar-refractivity contribution in [2.45, 2.75) is 5.41 Å². The maximum absolute atomic E-state index is 6.45. The van der Waals surface area contributed by atoms with Crippen LogP contribution in [0, 0.1) is 0 Å². The third kappa shape index (κ3) is 4.87. The molecule has 0 saturated carbocycles. The predicted molar refractivity (Wildman–Crippen MR) is 256 cm³/mol. The van der Waals surface area contributed by atoms with E-state index in [4.69, 9.17) is 24.4 Å². The smallest absolute Gasteiger partial charge is 0.228 e. The van der Waals surface area contributed by atoms with E-state index < -0.39 is 5.41 Å². The first-order chi connectivity index (χ1) is 31.2. The first-order valence-corrected chi connectivity index (χ1v) is 22.0. The normalized spacial score (nSPS) is 13.2. The lowest BCUT2D eigenvalue weighted by molar-refractivity contribution is 0.621. The molecule has 292 valence electrons. The molecular weight excluding hydrogens is 789 g/mol. The minimum Gasteiger partial charge on any atom is -0.436 e. The molecule has 6 heteroatoms. The van der Waals surface area contributed by atoms with E-state index in [2.05, 4.69) is 164 Å². The number of aromatic nitrogens is 4. The fourth-order valence-corrected chi connectivity index (χ4v) is 11.7. The molecule has 0 bridgehead atoms. The quantitative estimate of drug-likeness (QED) is 0.177. The summed E-state index contributed by atoms with van der Waals surface area (Å²) in [5.74, 6) is 2.51. The summed E-state index contributed by atoms with van der Waals surface area (Å²) in [4.78, 5) is 20.8. The van der Waals surface area contributed by atoms with Gasteiger partial charge in [0.15, 0.2) is 23.1 Å². The molecular formula is C57H32N4OS. The summed E-state index contributed by atoms with van der Waals surface area (Å²) in [6.45, 7) is 0. The van der Waals surface area contributed by atoms with Crippen LogP contribution in [0.2, 0.25) is 0 Å². The molecule has 0 N–H and O–H groups in total. The monoisotopic (exact) mass is 820 g/mol. The fourth-order valence-electron chi connectivity index (χ4n) is 10.5. The molecule has 0 atom stereocenters. The number of rotatable bonds is 4. The van der Waals surface area contributed by atoms with Crippen LogP contribution in [0.4, 0.5) is 0 Å². The lowest BCUT2D eigenvalue weighted by Gasteiger charge is -2.30. The summed E-state index contributed by atoms with van der Waals surface area (Å²) in [6, 6.07) is 69.1. The summed E-state index contributed by atoms with van der Waals surface area (Å²) >= 11 is 1.74. The maximum Gasteiger partial charge on any atom is 0.228 e. The van der Waals surface area contributed by atoms with E-state index in [0.717, 1.165) is 58.9 Å². The van der Waals surface area contributed by atoms with Gasteiger partial charge in [-0.15, -0.1) is 11.3 Å². The molecule has 1 spiro atoms. The van der Waals surface area contributed by atoms with Gasteiger partial charge in [-0.1, -0.05) is 170 Å². The molecule has 5 nitrogen and oxygen atoms in total. The van der Waals surface area contributed by atoms with E-state index in [-0.39, 0.29) is 0 Å². The van der Waals surface area contributed by atoms with Crippen molar-refractivity contribution in [3.8, 4) is 67.9 Å². The molecule has 0 fully saturated rings. The van der Waals surface area contributed by atoms with Crippen molar-refractivity contribution in [1.82, 2.24) is 19.9 Å². The second kappa shape index (κ2) is 13.0. The Bertz CT molecular complexity index is 3820. The molecule has 0 amide bonds. The van der Waals surface area contributed by atoms with Crippen molar-refractivity contribution in [3.05, 3.63) is 216 Å². The number of nitrogens with zero attached hydrogens (tertiary/aromatic N) is 4. The molecule has 14 rings (SSSR count). The van der Waals surface area contributed by atoms with E-state index in [1.54, 1.807) is 11.3 Å². The standard InChI is InChI=1S/C57H32N4OS/c1-2-14-34(15-3-1)53-59-54(35-25-28-41-40-19-8-11-24-47(40)57(48(41)31-35)45-22-9-6-17-38(45)39-18-7-10-23-46(39)57)61-55(60-53)36-26-29-42-43-20-12-21-44(52(43)63-50(42)32-36)56-58-51-37-16-5-4-13-33(37)27-30-49(51)62-56/h1-32H. The van der Waals surface area contributed by atoms with Gasteiger partial charge >= 0.3 is 0 Å². The first-order valence-electron chi connectivity index (χ1n) is 21.2. The summed E-state index contributed by atoms with van der Waals surface area (Å²) in [5, 5.41) is 4.56. The Morgan fingerprint density at radius 1 is 0.381 bits per heavy atom. The van der Waals surface area contributed by atoms with Crippen LogP contribution in [-0.2, 0) is 5.41 Å². The second-order valence-electron chi connectivity index (χ2n) is 16.5. The molecule has 2 aliphatic rings. The van der Waals surface area contributed by atoms with Crippen molar-refractivity contribution in [1.29, 1.82) is 0 Å². The number of fused-ring (bicyclic) bond motifs is 16. The highest BCUT2D eigenvalue weighted by Crippen LogP contribution is 2.63. The van der Waals surface area contributed by atoms with Gasteiger partial charge in [-0.3, -0.25) is 0 Å². The molecule has 0 aliphatic heterocycles. The van der Waals surface area contributed by atoms with Crippen LogP contribution in [-0.4, -0.2) is 19.9 Å². The van der Waals surface area contributed by atoms with Crippen LogP contribution < -0.4 is 0 Å². The summed E-state index contributed by atoms with van der Waals surface area (Å²) in [7, 11) is 0. The van der Waals surface area contributed by atoms with Crippen molar-refractivity contribution in [3.63, 3.8) is 0 Å². The lowest BCUT2D eigenvalue weighted by Crippen LogP contribution is -2.25. The zero-order chi connectivity index (χ0) is 41.2. The SMILES string of the molecule is c1ccc(-c2nc(-c3ccc4c(c3)C3(c5ccccc5-c5ccccc53)c3ccccc3-4)nc(-c3ccc4c(c3)sc3c(-c5nc6c(ccc7ccccc76)o5)cccc34)n2)cc1. The van der Waals surface area contributed by atoms with Gasteiger partial charge < -0.3 is 4.42 Å². The molecule has 63 heavy (non-hydrogen) atoms. The van der Waals surface area contributed by atoms with Crippen molar-refractivity contribution >= 4 is 53.4 Å². The van der Waals surface area contributed by atoms with Gasteiger partial charge in [-0.2, -0.15) is 0 Å². The number of thiophene rings is 1. The van der Waals surface area contributed by atoms with E-state index in [9.17, 15) is 0 Å². The summed E-state index contributed by atoms with van der Waals surface area (Å²) in [5.41, 5.74) is 15.2. The minimum absolute atomic E-state index is 0.468. The third-order valence-electron chi connectivity index (χ3n) is 13.2. The molecule has 2 aliphatic carbocycles. The molecule has 12 aromatic rings. The highest BCUT2D eigenvalue weighted by molar-refractivity contribution is 7.26. The van der Waals surface area contributed by atoms with Crippen molar-refractivity contribution in [2.24, 2.45) is 0 Å². The van der Waals surface area contributed by atoms with Gasteiger partial charge in [0, 0.05) is 42.2 Å². The molecule has 0 unspecified atom stereocenters. The van der Waals surface area contributed by atoms with Gasteiger partial charge in [0.25, 0.3) is 0 Å². The second-order valence-corrected chi connectivity index (χ2v) is 17.5. The third-order valence-corrected chi connectivity index (χ3v) is 14.4. The highest BCUT2D eigenvalue weighted by Gasteiger charge is 2.51. The van der Waals surface area contributed by atoms with E-state index in [1.165, 1.54) is 49.9 Å². The lowest BCUT2D eigenvalue weighted by atomic mass is 9.70. The summed E-state index contributed by atoms with van der Waals surface area (Å²) < 4.78 is 8.71. The minimum atomic E-state index is -0.468. The molecule has 3 aromatic heterocycles. The van der Waals surface area contributed by atoms with Crippen LogP contribution >= 0.6 is 11.3 Å². The first kappa shape index (κ1) is 34.6. The van der Waals surface area contributed by atoms with Gasteiger partial charge in [0.2, 0.25) is 5.89 Å². The fraction of sp³-hybridized carbons (Fsp3) is 0.0175. The average molecular weight is 821 g/mol. The van der Waals surface area contributed by atoms with Crippen molar-refractivity contribution in [2.75, 3.05) is 0 Å². The van der Waals surface area contributed by atoms with Gasteiger partial charge in [0.1, 0.15) is 5.52 Å². The summed E-state index contributed by atoms with van der Waals surface area (Å²) in [6.07, 6.45) is 0. The number of oxazole rings is 1. The Hall–Kier alpha value is -8.06. The Kier molecular flexibility index (Phi) is 7.13. The Morgan fingerprint density at radius 3 is 1.68 bits per heavy atom. The van der Waals surface area contributed by atoms with E-state index in [1.807, 2.05) is 30.3 Å². The van der Waals surface area contributed by atoms with E-state index in [0.29, 0.717) is 23.4 Å². The van der Waals surface area contributed by atoms with Crippen LogP contribution in [0.5, 0.6) is 0 Å². The van der Waals surface area contributed by atoms with Crippen molar-refractivity contribution < 1.29 is 4.42 Å². The Balaban J connectivity index is 0.939. The number of benzene rings is 9. The largest absolute Gasteiger partial charge is 0.436 e. The topological polar surface area (TPSA) is 64.7 Å². The number of hydrogen-bond acceptors (Lipinski definition) is 6. The van der Waals surface area contributed by atoms with Gasteiger partial charge in [-0.05, 0) is 74.2 Å². The molecule has 9 aromatic carbocycles. The highest BCUT2D eigenvalue weighted by atomic mass is 32.1. The average Bonchev–Trinajstić information content (AvgIpc) is 4.11. The van der Waals surface area contributed by atoms with Crippen LogP contribution in [0.1, 0.15) is 22.3 Å². The van der Waals surface area contributed by atoms with Gasteiger partial charge in [0.05, 0.1) is 11.0 Å². The van der Waals surface area contributed by atoms with E-state index >= 15 is 0 Å². The Morgan fingerprint density at radius 2 is 0.952 bits per heavy atom. The van der Waals surface area contributed by atoms with Gasteiger partial charge in [-0.25, -0.2) is 19.9 Å². The van der Waals surface area contributed by atoms with Crippen LogP contribution in [0.3, 0.4) is 0 Å². The molecule has 0 saturated heterocycles. The zero-order valence-corrected chi connectivity index (χ0v) is 34.4. The molecule has 3 heterocycles. The van der Waals surface area contributed by atoms with Crippen LogP contribution in [0.15, 0.2) is 199 Å². The van der Waals surface area contributed by atoms with Crippen LogP contribution in [0.25, 0.3) is 110 Å². The molecule has 0 radical (unpaired) electrons. The Labute approximate surface area is 365 Å². The maximum atomic E-state index is 6.45. The zero-order valence-electron chi connectivity index (χ0n) is 33.6. The predicted octanol–water partition coefficient (Wildman–Crippen LogP) is 14.5. The number of hydrogen-bond donors (Lipinski definition) is 0.